The zero-order chi connectivity index (χ0) is 14.7. The third kappa shape index (κ3) is 3.06. The van der Waals surface area contributed by atoms with Crippen LogP contribution in [0.5, 0.6) is 5.75 Å². The second kappa shape index (κ2) is 5.88. The molecule has 0 aliphatic carbocycles. The van der Waals surface area contributed by atoms with E-state index >= 15 is 0 Å². The number of hydrazone groups is 1. The highest BCUT2D eigenvalue weighted by atomic mass is 79.9. The predicted molar refractivity (Wildman–Crippen MR) is 74.6 cm³/mol. The Hall–Kier alpha value is -2.13. The van der Waals surface area contributed by atoms with E-state index in [2.05, 4.69) is 41.4 Å². The van der Waals surface area contributed by atoms with Crippen LogP contribution in [0.15, 0.2) is 26.3 Å². The van der Waals surface area contributed by atoms with E-state index in [0.717, 1.165) is 0 Å². The van der Waals surface area contributed by atoms with Crippen molar-refractivity contribution in [3.05, 3.63) is 32.9 Å². The number of aromatic hydroxyl groups is 1. The third-order valence-corrected chi connectivity index (χ3v) is 2.98. The topological polar surface area (TPSA) is 127 Å². The van der Waals surface area contributed by atoms with Gasteiger partial charge in [-0.25, -0.2) is 10.1 Å². The summed E-state index contributed by atoms with van der Waals surface area (Å²) >= 11 is 8.96. The number of nitrogens with zero attached hydrogens (tertiary/aromatic N) is 3. The number of hydrogen-bond donors (Lipinski definition) is 3. The van der Waals surface area contributed by atoms with Crippen LogP contribution in [-0.4, -0.2) is 27.5 Å². The second-order valence-corrected chi connectivity index (χ2v) is 4.81. The van der Waals surface area contributed by atoms with Gasteiger partial charge in [-0.05, 0) is 38.4 Å². The first-order chi connectivity index (χ1) is 9.49. The first kappa shape index (κ1) is 14.3. The van der Waals surface area contributed by atoms with Crippen molar-refractivity contribution in [1.29, 1.82) is 0 Å². The maximum Gasteiger partial charge on any atom is 0.297 e. The van der Waals surface area contributed by atoms with E-state index in [1.807, 2.05) is 0 Å². The van der Waals surface area contributed by atoms with Gasteiger partial charge < -0.3 is 10.8 Å². The van der Waals surface area contributed by atoms with Gasteiger partial charge in [0.1, 0.15) is 5.75 Å². The number of carbonyl (C=O) groups excluding carboxylic acids is 1. The van der Waals surface area contributed by atoms with Crippen molar-refractivity contribution in [2.75, 3.05) is 5.73 Å². The van der Waals surface area contributed by atoms with E-state index in [-0.39, 0.29) is 17.3 Å². The van der Waals surface area contributed by atoms with Crippen molar-refractivity contribution in [2.24, 2.45) is 5.10 Å². The zero-order valence-electron chi connectivity index (χ0n) is 9.67. The van der Waals surface area contributed by atoms with E-state index < -0.39 is 5.91 Å². The molecule has 0 unspecified atom stereocenters. The number of phenolic OH excluding ortho intramolecular Hbond substituents is 1. The number of phenols is 1. The molecule has 8 nitrogen and oxygen atoms in total. The van der Waals surface area contributed by atoms with Gasteiger partial charge in [0.25, 0.3) is 5.91 Å². The Labute approximate surface area is 125 Å². The number of anilines is 1. The van der Waals surface area contributed by atoms with E-state index in [9.17, 15) is 9.90 Å². The highest BCUT2D eigenvalue weighted by Crippen LogP contribution is 2.30. The lowest BCUT2D eigenvalue weighted by Gasteiger charge is -2.02. The molecule has 2 rings (SSSR count). The second-order valence-electron chi connectivity index (χ2n) is 3.52. The molecule has 0 saturated heterocycles. The molecule has 10 heteroatoms. The molecule has 104 valence electrons. The van der Waals surface area contributed by atoms with Crippen LogP contribution in [0.2, 0.25) is 5.02 Å². The number of rotatable bonds is 3. The van der Waals surface area contributed by atoms with Gasteiger partial charge >= 0.3 is 0 Å². The molecule has 1 heterocycles. The average Bonchev–Trinajstić information content (AvgIpc) is 2.81. The van der Waals surface area contributed by atoms with Crippen molar-refractivity contribution < 1.29 is 14.5 Å². The number of aromatic nitrogens is 2. The monoisotopic (exact) mass is 359 g/mol. The Bertz CT molecular complexity index is 688. The van der Waals surface area contributed by atoms with Crippen LogP contribution < -0.4 is 11.2 Å². The standard InChI is InChI=1S/C10H7BrClN5O3/c11-6-2-5(12)1-4(8(6)18)3-14-15-10(19)7-9(13)17-20-16-7/h1-3,18H,(H2,13,17)(H,15,19)/b14-3-. The van der Waals surface area contributed by atoms with Crippen LogP contribution >= 0.6 is 27.5 Å². The minimum Gasteiger partial charge on any atom is -0.506 e. The predicted octanol–water partition coefficient (Wildman–Crippen LogP) is 1.54. The molecule has 0 bridgehead atoms. The molecule has 1 aromatic carbocycles. The fraction of sp³-hybridized carbons (Fsp3) is 0. The van der Waals surface area contributed by atoms with E-state index in [1.165, 1.54) is 18.3 Å². The molecule has 0 aliphatic rings. The van der Waals surface area contributed by atoms with Crippen molar-refractivity contribution in [1.82, 2.24) is 15.7 Å². The summed E-state index contributed by atoms with van der Waals surface area (Å²) in [7, 11) is 0. The molecule has 20 heavy (non-hydrogen) atoms. The largest absolute Gasteiger partial charge is 0.506 e. The number of nitrogens with one attached hydrogen (secondary N) is 1. The van der Waals surface area contributed by atoms with Gasteiger partial charge in [-0.2, -0.15) is 5.10 Å². The number of amides is 1. The van der Waals surface area contributed by atoms with Gasteiger partial charge in [0.05, 0.1) is 10.7 Å². The Balaban J connectivity index is 2.11. The summed E-state index contributed by atoms with van der Waals surface area (Å²) < 4.78 is 4.69. The smallest absolute Gasteiger partial charge is 0.297 e. The van der Waals surface area contributed by atoms with Gasteiger partial charge in [-0.15, -0.1) is 0 Å². The number of nitrogen functional groups attached to an aromatic ring is 1. The number of carbonyl (C=O) groups is 1. The number of hydrogen-bond acceptors (Lipinski definition) is 7. The maximum atomic E-state index is 11.6. The molecule has 0 radical (unpaired) electrons. The number of benzene rings is 1. The summed E-state index contributed by atoms with van der Waals surface area (Å²) in [5.41, 5.74) is 7.64. The highest BCUT2D eigenvalue weighted by molar-refractivity contribution is 9.10. The quantitative estimate of drug-likeness (QED) is 0.563. The molecule has 0 fully saturated rings. The molecule has 0 aliphatic heterocycles. The molecule has 2 aromatic rings. The van der Waals surface area contributed by atoms with Crippen molar-refractivity contribution >= 4 is 45.5 Å². The first-order valence-corrected chi connectivity index (χ1v) is 6.25. The van der Waals surface area contributed by atoms with E-state index in [1.54, 1.807) is 0 Å². The summed E-state index contributed by atoms with van der Waals surface area (Å²) in [4.78, 5) is 11.6. The number of nitrogens with two attached hydrogens (primary N) is 1. The summed E-state index contributed by atoms with van der Waals surface area (Å²) in [5.74, 6) is -0.901. The SMILES string of the molecule is Nc1nonc1C(=O)N/N=C\c1cc(Cl)cc(Br)c1O. The summed E-state index contributed by atoms with van der Waals surface area (Å²) in [6.45, 7) is 0. The molecule has 0 atom stereocenters. The van der Waals surface area contributed by atoms with Crippen LogP contribution in [0.4, 0.5) is 5.82 Å². The fourth-order valence-corrected chi connectivity index (χ4v) is 2.08. The lowest BCUT2D eigenvalue weighted by Crippen LogP contribution is -2.19. The highest BCUT2D eigenvalue weighted by Gasteiger charge is 2.15. The minimum absolute atomic E-state index is 0.0602. The Morgan fingerprint density at radius 1 is 1.55 bits per heavy atom. The van der Waals surface area contributed by atoms with Crippen LogP contribution in [0.3, 0.4) is 0 Å². The summed E-state index contributed by atoms with van der Waals surface area (Å²) in [6, 6.07) is 3.00. The van der Waals surface area contributed by atoms with Gasteiger partial charge in [-0.3, -0.25) is 4.79 Å². The van der Waals surface area contributed by atoms with Crippen LogP contribution in [-0.2, 0) is 0 Å². The van der Waals surface area contributed by atoms with Gasteiger partial charge in [-0.1, -0.05) is 11.6 Å². The fourth-order valence-electron chi connectivity index (χ4n) is 1.25. The minimum atomic E-state index is -0.694. The Kier molecular flexibility index (Phi) is 4.20. The molecule has 4 N–H and O–H groups in total. The molecular weight excluding hydrogens is 353 g/mol. The van der Waals surface area contributed by atoms with Crippen molar-refractivity contribution in [3.8, 4) is 5.75 Å². The Morgan fingerprint density at radius 2 is 2.30 bits per heavy atom. The molecule has 1 aromatic heterocycles. The summed E-state index contributed by atoms with van der Waals surface area (Å²) in [5, 5.41) is 20.4. The number of halogens is 2. The normalized spacial score (nSPS) is 10.9. The first-order valence-electron chi connectivity index (χ1n) is 5.08. The third-order valence-electron chi connectivity index (χ3n) is 2.16. The molecule has 0 spiro atoms. The average molecular weight is 361 g/mol. The van der Waals surface area contributed by atoms with Crippen LogP contribution in [0.25, 0.3) is 0 Å². The maximum absolute atomic E-state index is 11.6. The molecular formula is C10H7BrClN5O3. The molecule has 1 amide bonds. The van der Waals surface area contributed by atoms with Crippen molar-refractivity contribution in [3.63, 3.8) is 0 Å². The lowest BCUT2D eigenvalue weighted by molar-refractivity contribution is 0.0946. The van der Waals surface area contributed by atoms with Gasteiger partial charge in [0, 0.05) is 10.6 Å². The van der Waals surface area contributed by atoms with Gasteiger partial charge in [0.15, 0.2) is 0 Å². The van der Waals surface area contributed by atoms with Gasteiger partial charge in [0.2, 0.25) is 11.5 Å². The van der Waals surface area contributed by atoms with Crippen LogP contribution in [0.1, 0.15) is 16.1 Å². The zero-order valence-corrected chi connectivity index (χ0v) is 12.0. The van der Waals surface area contributed by atoms with E-state index in [4.69, 9.17) is 17.3 Å². The van der Waals surface area contributed by atoms with E-state index in [0.29, 0.717) is 15.1 Å². The Morgan fingerprint density at radius 3 is 2.95 bits per heavy atom. The van der Waals surface area contributed by atoms with Crippen LogP contribution in [0, 0.1) is 0 Å². The lowest BCUT2D eigenvalue weighted by atomic mass is 10.2. The molecule has 0 saturated carbocycles. The summed E-state index contributed by atoms with van der Waals surface area (Å²) in [6.07, 6.45) is 1.22. The van der Waals surface area contributed by atoms with Crippen molar-refractivity contribution in [2.45, 2.75) is 0 Å².